The van der Waals surface area contributed by atoms with E-state index in [4.69, 9.17) is 0 Å². The average Bonchev–Trinajstić information content (AvgIpc) is 2.14. The molecule has 1 heterocycles. The van der Waals surface area contributed by atoms with E-state index >= 15 is 0 Å². The summed E-state index contributed by atoms with van der Waals surface area (Å²) in [5.41, 5.74) is 0.972. The number of carboxylic acids is 1. The number of carbonyl (C=O) groups is 1. The van der Waals surface area contributed by atoms with E-state index in [1.54, 1.807) is 0 Å². The molecule has 0 radical (unpaired) electrons. The molecule has 1 aliphatic rings. The monoisotopic (exact) mass is 220 g/mol. The highest BCUT2D eigenvalue weighted by Crippen LogP contribution is 2.42. The maximum Gasteiger partial charge on any atom is 0.317 e. The molecule has 0 atom stereocenters. The molecule has 1 saturated carbocycles. The second-order valence-electron chi connectivity index (χ2n) is 4.42. The summed E-state index contributed by atoms with van der Waals surface area (Å²) in [6.07, 6.45) is 3.08. The van der Waals surface area contributed by atoms with Gasteiger partial charge in [0.1, 0.15) is 11.2 Å². The van der Waals surface area contributed by atoms with Gasteiger partial charge in [-0.15, -0.1) is 0 Å². The largest absolute Gasteiger partial charge is 0.480 e. The molecule has 0 spiro atoms. The van der Waals surface area contributed by atoms with E-state index in [2.05, 4.69) is 9.97 Å². The van der Waals surface area contributed by atoms with Crippen LogP contribution in [-0.4, -0.2) is 21.0 Å². The first-order chi connectivity index (χ1) is 7.58. The Kier molecular flexibility index (Phi) is 2.66. The van der Waals surface area contributed by atoms with Crippen molar-refractivity contribution in [1.29, 1.82) is 0 Å². The highest BCUT2D eigenvalue weighted by Gasteiger charge is 2.48. The van der Waals surface area contributed by atoms with Gasteiger partial charge in [0.15, 0.2) is 0 Å². The zero-order chi connectivity index (χ0) is 11.8. The summed E-state index contributed by atoms with van der Waals surface area (Å²) in [6.45, 7) is 3.90. The van der Waals surface area contributed by atoms with Crippen molar-refractivity contribution < 1.29 is 9.90 Å². The molecule has 1 aromatic heterocycles. The van der Waals surface area contributed by atoms with Crippen molar-refractivity contribution in [3.8, 4) is 0 Å². The molecule has 1 aliphatic carbocycles. The lowest BCUT2D eigenvalue weighted by Gasteiger charge is -2.36. The Morgan fingerprint density at radius 2 is 2.19 bits per heavy atom. The quantitative estimate of drug-likeness (QED) is 0.844. The van der Waals surface area contributed by atoms with Crippen molar-refractivity contribution in [3.05, 3.63) is 23.3 Å². The van der Waals surface area contributed by atoms with Gasteiger partial charge in [0.25, 0.3) is 0 Å². The van der Waals surface area contributed by atoms with Gasteiger partial charge >= 0.3 is 5.97 Å². The van der Waals surface area contributed by atoms with Gasteiger partial charge in [-0.05, 0) is 32.3 Å². The minimum absolute atomic E-state index is 0.503. The second kappa shape index (κ2) is 3.85. The van der Waals surface area contributed by atoms with Crippen LogP contribution in [0.5, 0.6) is 0 Å². The van der Waals surface area contributed by atoms with E-state index in [0.29, 0.717) is 18.7 Å². The third-order valence-electron chi connectivity index (χ3n) is 3.31. The molecule has 0 unspecified atom stereocenters. The molecular weight excluding hydrogens is 204 g/mol. The normalized spacial score (nSPS) is 17.9. The minimum Gasteiger partial charge on any atom is -0.480 e. The predicted octanol–water partition coefficient (Wildman–Crippen LogP) is 1.85. The first kappa shape index (κ1) is 11.0. The van der Waals surface area contributed by atoms with Crippen molar-refractivity contribution in [2.75, 3.05) is 0 Å². The molecule has 0 aromatic carbocycles. The van der Waals surface area contributed by atoms with Crippen LogP contribution in [0, 0.1) is 6.92 Å². The van der Waals surface area contributed by atoms with Gasteiger partial charge in [-0.25, -0.2) is 9.97 Å². The molecule has 0 amide bonds. The fraction of sp³-hybridized carbons (Fsp3) is 0.583. The number of hydrogen-bond donors (Lipinski definition) is 1. The Labute approximate surface area is 94.7 Å². The Hall–Kier alpha value is -1.45. The lowest BCUT2D eigenvalue weighted by Crippen LogP contribution is -2.44. The standard InChI is InChI=1S/C12H16N2O2/c1-3-9-7-8(2)13-10(14-9)12(11(15)16)5-4-6-12/h7H,3-6H2,1-2H3,(H,15,16). The first-order valence-electron chi connectivity index (χ1n) is 5.67. The summed E-state index contributed by atoms with van der Waals surface area (Å²) < 4.78 is 0. The van der Waals surface area contributed by atoms with Crippen molar-refractivity contribution in [3.63, 3.8) is 0 Å². The fourth-order valence-electron chi connectivity index (χ4n) is 2.09. The van der Waals surface area contributed by atoms with Gasteiger partial charge in [-0.2, -0.15) is 0 Å². The van der Waals surface area contributed by atoms with E-state index in [9.17, 15) is 9.90 Å². The lowest BCUT2D eigenvalue weighted by atomic mass is 9.68. The Balaban J connectivity index is 2.46. The third kappa shape index (κ3) is 1.58. The van der Waals surface area contributed by atoms with Crippen LogP contribution in [0.2, 0.25) is 0 Å². The zero-order valence-corrected chi connectivity index (χ0v) is 9.66. The van der Waals surface area contributed by atoms with E-state index in [1.165, 1.54) is 0 Å². The van der Waals surface area contributed by atoms with Gasteiger partial charge in [-0.3, -0.25) is 4.79 Å². The smallest absolute Gasteiger partial charge is 0.317 e. The van der Waals surface area contributed by atoms with Crippen molar-refractivity contribution >= 4 is 5.97 Å². The van der Waals surface area contributed by atoms with E-state index in [0.717, 1.165) is 24.2 Å². The fourth-order valence-corrected chi connectivity index (χ4v) is 2.09. The Bertz CT molecular complexity index is 425. The molecule has 1 N–H and O–H groups in total. The summed E-state index contributed by atoms with van der Waals surface area (Å²) in [5, 5.41) is 9.31. The van der Waals surface area contributed by atoms with Gasteiger partial charge in [0.05, 0.1) is 0 Å². The molecule has 1 aromatic rings. The maximum absolute atomic E-state index is 11.3. The molecule has 16 heavy (non-hydrogen) atoms. The lowest BCUT2D eigenvalue weighted by molar-refractivity contribution is -0.147. The van der Waals surface area contributed by atoms with Crippen LogP contribution < -0.4 is 0 Å². The highest BCUT2D eigenvalue weighted by molar-refractivity contribution is 5.81. The number of nitrogens with zero attached hydrogens (tertiary/aromatic N) is 2. The van der Waals surface area contributed by atoms with E-state index in [-0.39, 0.29) is 0 Å². The molecule has 4 nitrogen and oxygen atoms in total. The first-order valence-corrected chi connectivity index (χ1v) is 5.67. The van der Waals surface area contributed by atoms with Gasteiger partial charge in [0, 0.05) is 11.4 Å². The third-order valence-corrected chi connectivity index (χ3v) is 3.31. The van der Waals surface area contributed by atoms with Crippen LogP contribution >= 0.6 is 0 Å². The molecule has 2 rings (SSSR count). The van der Waals surface area contributed by atoms with Crippen molar-refractivity contribution in [1.82, 2.24) is 9.97 Å². The summed E-state index contributed by atoms with van der Waals surface area (Å²) in [4.78, 5) is 20.0. The van der Waals surface area contributed by atoms with Crippen LogP contribution in [0.4, 0.5) is 0 Å². The SMILES string of the molecule is CCc1cc(C)nc(C2(C(=O)O)CCC2)n1. The minimum atomic E-state index is -0.810. The van der Waals surface area contributed by atoms with Crippen LogP contribution in [0.1, 0.15) is 43.4 Å². The topological polar surface area (TPSA) is 63.1 Å². The maximum atomic E-state index is 11.3. The molecule has 86 valence electrons. The van der Waals surface area contributed by atoms with E-state index < -0.39 is 11.4 Å². The van der Waals surface area contributed by atoms with Crippen LogP contribution in [0.15, 0.2) is 6.07 Å². The van der Waals surface area contributed by atoms with Crippen LogP contribution in [0.25, 0.3) is 0 Å². The van der Waals surface area contributed by atoms with Crippen molar-refractivity contribution in [2.24, 2.45) is 0 Å². The number of aryl methyl sites for hydroxylation is 2. The molecule has 0 saturated heterocycles. The molecular formula is C12H16N2O2. The summed E-state index contributed by atoms with van der Waals surface area (Å²) in [7, 11) is 0. The summed E-state index contributed by atoms with van der Waals surface area (Å²) >= 11 is 0. The van der Waals surface area contributed by atoms with E-state index in [1.807, 2.05) is 19.9 Å². The van der Waals surface area contributed by atoms with Gasteiger partial charge in [0.2, 0.25) is 0 Å². The highest BCUT2D eigenvalue weighted by atomic mass is 16.4. The Morgan fingerprint density at radius 3 is 2.62 bits per heavy atom. The van der Waals surface area contributed by atoms with Gasteiger partial charge < -0.3 is 5.11 Å². The summed E-state index contributed by atoms with van der Waals surface area (Å²) in [5.74, 6) is -0.283. The number of aliphatic carboxylic acids is 1. The van der Waals surface area contributed by atoms with Crippen LogP contribution in [0.3, 0.4) is 0 Å². The van der Waals surface area contributed by atoms with Crippen LogP contribution in [-0.2, 0) is 16.6 Å². The predicted molar refractivity (Wildman–Crippen MR) is 59.3 cm³/mol. The summed E-state index contributed by atoms with van der Waals surface area (Å²) in [6, 6.07) is 1.91. The average molecular weight is 220 g/mol. The number of hydrogen-bond acceptors (Lipinski definition) is 3. The van der Waals surface area contributed by atoms with Gasteiger partial charge in [-0.1, -0.05) is 13.3 Å². The zero-order valence-electron chi connectivity index (χ0n) is 9.66. The number of aromatic nitrogens is 2. The molecule has 1 fully saturated rings. The van der Waals surface area contributed by atoms with Crippen molar-refractivity contribution in [2.45, 2.75) is 44.9 Å². The number of rotatable bonds is 3. The molecule has 4 heteroatoms. The second-order valence-corrected chi connectivity index (χ2v) is 4.42. The Morgan fingerprint density at radius 1 is 1.50 bits per heavy atom. The molecule has 0 bridgehead atoms. The number of carboxylic acid groups (broad SMARTS) is 1. The molecule has 0 aliphatic heterocycles.